The molecule has 10 nitrogen and oxygen atoms in total. The van der Waals surface area contributed by atoms with Gasteiger partial charge in [0, 0.05) is 36.7 Å². The lowest BCUT2D eigenvalue weighted by molar-refractivity contribution is -0.750. The van der Waals surface area contributed by atoms with Gasteiger partial charge in [0.25, 0.3) is 11.7 Å². The van der Waals surface area contributed by atoms with Gasteiger partial charge in [-0.25, -0.2) is 4.98 Å². The van der Waals surface area contributed by atoms with Crippen molar-refractivity contribution in [3.05, 3.63) is 77.0 Å². The van der Waals surface area contributed by atoms with Crippen LogP contribution in [0.4, 0.5) is 19.0 Å². The predicted molar refractivity (Wildman–Crippen MR) is 152 cm³/mol. The first-order chi connectivity index (χ1) is 20.4. The highest BCUT2D eigenvalue weighted by Crippen LogP contribution is 2.41. The number of carbonyl (C=O) groups excluding carboxylic acids is 2. The molecule has 0 spiro atoms. The highest BCUT2D eigenvalue weighted by molar-refractivity contribution is 6.07. The van der Waals surface area contributed by atoms with Gasteiger partial charge in [-0.3, -0.25) is 14.6 Å². The highest BCUT2D eigenvalue weighted by Gasteiger charge is 2.48. The SMILES string of the molecule is CC(C)Oc1cc(C(=O)Nc2cc(C(F)(F)F)ccn2)ccc1C1=NC([C@@H]2CC[C@H]3CCC(=O)N3C2)=C2C=NC=C[N+]12N. The van der Waals surface area contributed by atoms with Crippen molar-refractivity contribution in [2.45, 2.75) is 57.9 Å². The lowest BCUT2D eigenvalue weighted by Gasteiger charge is -2.35. The van der Waals surface area contributed by atoms with Crippen LogP contribution in [0.3, 0.4) is 0 Å². The molecule has 2 amide bonds. The van der Waals surface area contributed by atoms with Crippen molar-refractivity contribution in [2.24, 2.45) is 21.7 Å². The number of halogens is 3. The molecule has 4 aliphatic heterocycles. The molecular formula is C30H31F3N7O3+. The molecule has 224 valence electrons. The number of quaternary nitrogens is 1. The molecule has 2 fully saturated rings. The number of fused-ring (bicyclic) bond motifs is 2. The molecular weight excluding hydrogens is 563 g/mol. The number of pyridine rings is 1. The number of anilines is 1. The number of nitrogens with two attached hydrogens (primary N) is 1. The van der Waals surface area contributed by atoms with E-state index in [2.05, 4.69) is 15.3 Å². The fraction of sp³-hybridized carbons (Fsp3) is 0.367. The third kappa shape index (κ3) is 5.34. The number of carbonyl (C=O) groups is 2. The number of hydrogen-bond acceptors (Lipinski definition) is 7. The van der Waals surface area contributed by atoms with Crippen molar-refractivity contribution in [1.29, 1.82) is 0 Å². The number of piperidine rings is 1. The fourth-order valence-electron chi connectivity index (χ4n) is 6.04. The Morgan fingerprint density at radius 3 is 2.77 bits per heavy atom. The van der Waals surface area contributed by atoms with E-state index >= 15 is 0 Å². The number of ether oxygens (including phenoxy) is 1. The number of allylic oxidation sites excluding steroid dienone is 1. The fourth-order valence-corrected chi connectivity index (χ4v) is 6.04. The number of amidine groups is 1. The number of amides is 2. The molecule has 0 saturated carbocycles. The van der Waals surface area contributed by atoms with Crippen molar-refractivity contribution >= 4 is 29.7 Å². The van der Waals surface area contributed by atoms with Crippen LogP contribution < -0.4 is 15.9 Å². The molecule has 43 heavy (non-hydrogen) atoms. The number of rotatable bonds is 6. The molecule has 4 aliphatic rings. The van der Waals surface area contributed by atoms with Gasteiger partial charge in [0.2, 0.25) is 11.6 Å². The summed E-state index contributed by atoms with van der Waals surface area (Å²) in [4.78, 5) is 40.8. The first-order valence-electron chi connectivity index (χ1n) is 14.1. The zero-order chi connectivity index (χ0) is 30.5. The molecule has 3 atom stereocenters. The average Bonchev–Trinajstić information content (AvgIpc) is 3.49. The second kappa shape index (κ2) is 10.7. The van der Waals surface area contributed by atoms with Crippen LogP contribution in [-0.4, -0.2) is 57.0 Å². The molecule has 0 aliphatic carbocycles. The molecule has 0 bridgehead atoms. The largest absolute Gasteiger partial charge is 0.490 e. The van der Waals surface area contributed by atoms with Crippen LogP contribution in [0, 0.1) is 5.92 Å². The maximum atomic E-state index is 13.2. The van der Waals surface area contributed by atoms with Gasteiger partial charge in [-0.15, -0.1) is 4.59 Å². The van der Waals surface area contributed by atoms with Crippen LogP contribution in [-0.2, 0) is 11.0 Å². The topological polar surface area (TPSA) is 122 Å². The van der Waals surface area contributed by atoms with Gasteiger partial charge in [-0.05, 0) is 63.4 Å². The van der Waals surface area contributed by atoms with Gasteiger partial charge in [-0.2, -0.15) is 24.0 Å². The van der Waals surface area contributed by atoms with Crippen LogP contribution in [0.5, 0.6) is 5.75 Å². The molecule has 3 N–H and O–H groups in total. The summed E-state index contributed by atoms with van der Waals surface area (Å²) in [6, 6.07) is 6.59. The number of nitrogens with one attached hydrogen (secondary N) is 1. The maximum Gasteiger partial charge on any atom is 0.416 e. The molecule has 0 radical (unpaired) electrons. The lowest BCUT2D eigenvalue weighted by Crippen LogP contribution is -2.53. The van der Waals surface area contributed by atoms with Gasteiger partial charge < -0.3 is 15.0 Å². The lowest BCUT2D eigenvalue weighted by atomic mass is 9.90. The number of aromatic nitrogens is 1. The van der Waals surface area contributed by atoms with Crippen LogP contribution >= 0.6 is 0 Å². The summed E-state index contributed by atoms with van der Waals surface area (Å²) in [5, 5.41) is 2.43. The standard InChI is InChI=1S/C30H30F3N7O3/c1-17(2)43-24-13-18(29(42)37-25-14-20(9-10-36-25)30(31,32)33)4-7-22(24)28-38-27(23-15-35-11-12-40(23,28)34)19-3-5-21-6-8-26(41)39(21)16-19/h4,7,9-15,17,19,21H,3,5-6,8,16,34H2,1-2H3/p+1/t19-,21+,40?/m1/s1. The van der Waals surface area contributed by atoms with E-state index in [9.17, 15) is 22.8 Å². The molecule has 5 heterocycles. The Morgan fingerprint density at radius 1 is 1.19 bits per heavy atom. The van der Waals surface area contributed by atoms with Gasteiger partial charge in [0.05, 0.1) is 24.1 Å². The summed E-state index contributed by atoms with van der Waals surface area (Å²) in [6.07, 6.45) is 4.33. The first-order valence-corrected chi connectivity index (χ1v) is 14.1. The van der Waals surface area contributed by atoms with E-state index in [-0.39, 0.29) is 39.9 Å². The number of nitrogens with zero attached hydrogens (tertiary/aromatic N) is 5. The predicted octanol–water partition coefficient (Wildman–Crippen LogP) is 4.76. The Hall–Kier alpha value is -4.36. The summed E-state index contributed by atoms with van der Waals surface area (Å²) < 4.78 is 45.3. The molecule has 13 heteroatoms. The smallest absolute Gasteiger partial charge is 0.416 e. The van der Waals surface area contributed by atoms with Crippen molar-refractivity contribution in [3.8, 4) is 5.75 Å². The molecule has 2 saturated heterocycles. The average molecular weight is 595 g/mol. The zero-order valence-corrected chi connectivity index (χ0v) is 23.6. The van der Waals surface area contributed by atoms with E-state index in [1.54, 1.807) is 24.7 Å². The Balaban J connectivity index is 1.34. The second-order valence-electron chi connectivity index (χ2n) is 11.3. The number of benzene rings is 1. The monoisotopic (exact) mass is 594 g/mol. The van der Waals surface area contributed by atoms with Crippen molar-refractivity contribution in [2.75, 3.05) is 11.9 Å². The Labute approximate surface area is 246 Å². The second-order valence-corrected chi connectivity index (χ2v) is 11.3. The van der Waals surface area contributed by atoms with E-state index in [1.165, 1.54) is 12.1 Å². The minimum atomic E-state index is -4.58. The van der Waals surface area contributed by atoms with Crippen molar-refractivity contribution < 1.29 is 32.1 Å². The third-order valence-corrected chi connectivity index (χ3v) is 8.10. The minimum Gasteiger partial charge on any atom is -0.490 e. The number of alkyl halides is 3. The molecule has 1 aromatic carbocycles. The summed E-state index contributed by atoms with van der Waals surface area (Å²) >= 11 is 0. The van der Waals surface area contributed by atoms with E-state index in [4.69, 9.17) is 15.6 Å². The van der Waals surface area contributed by atoms with Crippen LogP contribution in [0.2, 0.25) is 0 Å². The quantitative estimate of drug-likeness (QED) is 0.369. The van der Waals surface area contributed by atoms with Gasteiger partial charge in [0.1, 0.15) is 29.0 Å². The highest BCUT2D eigenvalue weighted by atomic mass is 19.4. The Kier molecular flexibility index (Phi) is 7.17. The van der Waals surface area contributed by atoms with Crippen LogP contribution in [0.1, 0.15) is 61.0 Å². The number of aliphatic imine (C=N–C) groups is 2. The van der Waals surface area contributed by atoms with E-state index in [1.807, 2.05) is 18.7 Å². The maximum absolute atomic E-state index is 13.2. The van der Waals surface area contributed by atoms with Gasteiger partial charge >= 0.3 is 6.18 Å². The van der Waals surface area contributed by atoms with Crippen LogP contribution in [0.25, 0.3) is 0 Å². The molecule has 6 rings (SSSR count). The molecule has 2 aromatic rings. The van der Waals surface area contributed by atoms with Crippen molar-refractivity contribution in [1.82, 2.24) is 9.88 Å². The van der Waals surface area contributed by atoms with E-state index in [0.29, 0.717) is 35.8 Å². The molecule has 1 aromatic heterocycles. The summed E-state index contributed by atoms with van der Waals surface area (Å²) in [6.45, 7) is 4.23. The van der Waals surface area contributed by atoms with E-state index < -0.39 is 17.6 Å². The summed E-state index contributed by atoms with van der Waals surface area (Å²) in [7, 11) is 0. The van der Waals surface area contributed by atoms with Crippen LogP contribution in [0.15, 0.2) is 70.3 Å². The summed E-state index contributed by atoms with van der Waals surface area (Å²) in [5.74, 6) is 7.02. The number of hydrogen-bond donors (Lipinski definition) is 2. The first kappa shape index (κ1) is 28.7. The molecule has 1 unspecified atom stereocenters. The van der Waals surface area contributed by atoms with Crippen molar-refractivity contribution in [3.63, 3.8) is 0 Å². The van der Waals surface area contributed by atoms with Gasteiger partial charge in [0.15, 0.2) is 0 Å². The van der Waals surface area contributed by atoms with Gasteiger partial charge in [-0.1, -0.05) is 0 Å². The third-order valence-electron chi connectivity index (χ3n) is 8.10. The minimum absolute atomic E-state index is 0.0238. The van der Waals surface area contributed by atoms with E-state index in [0.717, 1.165) is 43.3 Å². The Morgan fingerprint density at radius 2 is 2.00 bits per heavy atom. The normalized spacial score (nSPS) is 24.8. The zero-order valence-electron chi connectivity index (χ0n) is 23.6. The Bertz CT molecular complexity index is 1610. The summed E-state index contributed by atoms with van der Waals surface area (Å²) in [5.41, 5.74) is 1.23.